The summed E-state index contributed by atoms with van der Waals surface area (Å²) in [7, 11) is 5.71. The first kappa shape index (κ1) is 30.6. The summed E-state index contributed by atoms with van der Waals surface area (Å²) in [4.78, 5) is 39.2. The molecule has 2 aromatic heterocycles. The lowest BCUT2D eigenvalue weighted by atomic mass is 10.1. The summed E-state index contributed by atoms with van der Waals surface area (Å²) < 4.78 is 17.0. The lowest BCUT2D eigenvalue weighted by Gasteiger charge is -2.29. The molecule has 1 aliphatic rings. The summed E-state index contributed by atoms with van der Waals surface area (Å²) >= 11 is 0. The Morgan fingerprint density at radius 3 is 2.75 bits per heavy atom. The average Bonchev–Trinajstić information content (AvgIpc) is 3.62. The van der Waals surface area contributed by atoms with Crippen LogP contribution in [0, 0.1) is 0 Å². The molecule has 44 heavy (non-hydrogen) atoms. The predicted molar refractivity (Wildman–Crippen MR) is 172 cm³/mol. The number of nitrogens with one attached hydrogen (secondary N) is 2. The van der Waals surface area contributed by atoms with Crippen LogP contribution in [-0.4, -0.2) is 73.2 Å². The van der Waals surface area contributed by atoms with Crippen molar-refractivity contribution in [3.63, 3.8) is 0 Å². The van der Waals surface area contributed by atoms with Gasteiger partial charge in [0.2, 0.25) is 11.9 Å². The van der Waals surface area contributed by atoms with Gasteiger partial charge in [0.1, 0.15) is 23.2 Å². The molecule has 1 unspecified atom stereocenters. The van der Waals surface area contributed by atoms with Gasteiger partial charge in [0.25, 0.3) is 0 Å². The van der Waals surface area contributed by atoms with Crippen LogP contribution in [0.2, 0.25) is 0 Å². The van der Waals surface area contributed by atoms with Crippen molar-refractivity contribution in [1.82, 2.24) is 14.9 Å². The van der Waals surface area contributed by atoms with E-state index in [4.69, 9.17) is 18.9 Å². The molecule has 1 fully saturated rings. The van der Waals surface area contributed by atoms with Gasteiger partial charge in [-0.2, -0.15) is 0 Å². The monoisotopic (exact) mass is 598 g/mol. The maximum absolute atomic E-state index is 13.1. The molecule has 0 spiro atoms. The third-order valence-corrected chi connectivity index (χ3v) is 7.66. The fourth-order valence-corrected chi connectivity index (χ4v) is 5.42. The molecule has 4 aromatic rings. The number of benzene rings is 2. The number of rotatable bonds is 11. The number of aromatic nitrogens is 2. The van der Waals surface area contributed by atoms with Crippen LogP contribution in [0.5, 0.6) is 5.75 Å². The quantitative estimate of drug-likeness (QED) is 0.160. The summed E-state index contributed by atoms with van der Waals surface area (Å²) in [5.41, 5.74) is 3.72. The maximum Gasteiger partial charge on any atom is 0.342 e. The maximum atomic E-state index is 13.1. The molecule has 11 nitrogen and oxygen atoms in total. The number of carbonyl (C=O) groups is 2. The zero-order valence-corrected chi connectivity index (χ0v) is 25.7. The molecule has 2 N–H and O–H groups in total. The Morgan fingerprint density at radius 2 is 2.05 bits per heavy atom. The smallest absolute Gasteiger partial charge is 0.342 e. The van der Waals surface area contributed by atoms with E-state index in [1.807, 2.05) is 37.4 Å². The number of carbonyl (C=O) groups excluding carboxylic acids is 2. The number of para-hydroxylation sites is 1. The minimum absolute atomic E-state index is 0.204. The molecule has 5 rings (SSSR count). The first-order chi connectivity index (χ1) is 21.2. The van der Waals surface area contributed by atoms with Gasteiger partial charge in [0.15, 0.2) is 0 Å². The van der Waals surface area contributed by atoms with Crippen LogP contribution >= 0.6 is 0 Å². The third-order valence-electron chi connectivity index (χ3n) is 7.66. The second-order valence-electron chi connectivity index (χ2n) is 11.1. The number of nitrogens with zero attached hydrogens (tertiary/aromatic N) is 4. The Labute approximate surface area is 256 Å². The SMILES string of the molecule is C=CC(=O)Nc1cc(Nc2ncc(C(=O)OC(C)C)c(-c3coc4ccccc34)n2)c(OC)cc1N(C)CC1CCCN1C. The molecular weight excluding hydrogens is 560 g/mol. The molecule has 0 bridgehead atoms. The largest absolute Gasteiger partial charge is 0.494 e. The van der Waals surface area contributed by atoms with Gasteiger partial charge in [-0.15, -0.1) is 0 Å². The lowest BCUT2D eigenvalue weighted by molar-refractivity contribution is -0.111. The highest BCUT2D eigenvalue weighted by Gasteiger charge is 2.25. The second-order valence-corrected chi connectivity index (χ2v) is 11.1. The lowest BCUT2D eigenvalue weighted by Crippen LogP contribution is -2.37. The Balaban J connectivity index is 1.55. The number of likely N-dealkylation sites (tertiary alicyclic amines) is 1. The second kappa shape index (κ2) is 13.2. The van der Waals surface area contributed by atoms with E-state index in [1.165, 1.54) is 12.3 Å². The van der Waals surface area contributed by atoms with Gasteiger partial charge in [-0.1, -0.05) is 24.8 Å². The molecule has 230 valence electrons. The number of anilines is 4. The van der Waals surface area contributed by atoms with Gasteiger partial charge in [-0.25, -0.2) is 14.8 Å². The van der Waals surface area contributed by atoms with Gasteiger partial charge >= 0.3 is 5.97 Å². The van der Waals surface area contributed by atoms with E-state index >= 15 is 0 Å². The van der Waals surface area contributed by atoms with Crippen molar-refractivity contribution in [3.8, 4) is 17.0 Å². The van der Waals surface area contributed by atoms with E-state index in [-0.39, 0.29) is 23.5 Å². The third kappa shape index (κ3) is 6.52. The molecule has 0 saturated carbocycles. The zero-order valence-electron chi connectivity index (χ0n) is 25.7. The fraction of sp³-hybridized carbons (Fsp3) is 0.333. The summed E-state index contributed by atoms with van der Waals surface area (Å²) in [6.45, 7) is 9.01. The number of hydrogen-bond donors (Lipinski definition) is 2. The Morgan fingerprint density at radius 1 is 1.25 bits per heavy atom. The molecule has 1 aliphatic heterocycles. The molecule has 0 radical (unpaired) electrons. The van der Waals surface area contributed by atoms with E-state index in [1.54, 1.807) is 33.3 Å². The summed E-state index contributed by atoms with van der Waals surface area (Å²) in [6.07, 6.45) is 6.17. The highest BCUT2D eigenvalue weighted by atomic mass is 16.5. The van der Waals surface area contributed by atoms with Gasteiger partial charge in [0, 0.05) is 42.8 Å². The van der Waals surface area contributed by atoms with Crippen molar-refractivity contribution >= 4 is 45.9 Å². The highest BCUT2D eigenvalue weighted by molar-refractivity contribution is 6.03. The van der Waals surface area contributed by atoms with Crippen molar-refractivity contribution in [2.24, 2.45) is 0 Å². The van der Waals surface area contributed by atoms with Gasteiger partial charge in [0.05, 0.1) is 36.0 Å². The number of likely N-dealkylation sites (N-methyl/N-ethyl adjacent to an activating group) is 2. The summed E-state index contributed by atoms with van der Waals surface area (Å²) in [5.74, 6) is -0.156. The number of fused-ring (bicyclic) bond motifs is 1. The first-order valence-corrected chi connectivity index (χ1v) is 14.6. The van der Waals surface area contributed by atoms with E-state index in [2.05, 4.69) is 39.0 Å². The molecular formula is C33H38N6O5. The van der Waals surface area contributed by atoms with Crippen molar-refractivity contribution in [2.45, 2.75) is 38.8 Å². The van der Waals surface area contributed by atoms with Crippen molar-refractivity contribution in [2.75, 3.05) is 49.8 Å². The van der Waals surface area contributed by atoms with Crippen molar-refractivity contribution in [1.29, 1.82) is 0 Å². The van der Waals surface area contributed by atoms with E-state index in [9.17, 15) is 9.59 Å². The van der Waals surface area contributed by atoms with Crippen LogP contribution in [-0.2, 0) is 9.53 Å². The van der Waals surface area contributed by atoms with Crippen LogP contribution in [0.15, 0.2) is 65.9 Å². The van der Waals surface area contributed by atoms with Crippen LogP contribution in [0.3, 0.4) is 0 Å². The van der Waals surface area contributed by atoms with Gasteiger partial charge in [-0.05, 0) is 58.5 Å². The molecule has 1 saturated heterocycles. The Bertz CT molecular complexity index is 1680. The number of furan rings is 1. The molecule has 2 aromatic carbocycles. The predicted octanol–water partition coefficient (Wildman–Crippen LogP) is 5.86. The molecule has 3 heterocycles. The minimum Gasteiger partial charge on any atom is -0.494 e. The first-order valence-electron chi connectivity index (χ1n) is 14.6. The number of hydrogen-bond acceptors (Lipinski definition) is 10. The topological polar surface area (TPSA) is 122 Å². The molecule has 11 heteroatoms. The van der Waals surface area contributed by atoms with Crippen LogP contribution in [0.25, 0.3) is 22.2 Å². The standard InChI is InChI=1S/C33H38N6O5/c1-7-30(40)35-25-15-26(29(42-6)16-27(25)39(5)18-21-11-10-14-38(21)4)36-33-34-17-23(32(41)44-20(2)3)31(37-33)24-19-43-28-13-9-8-12-22(24)28/h7-9,12-13,15-17,19-21H,1,10-11,14,18H2,2-6H3,(H,35,40)(H,34,36,37). The van der Waals surface area contributed by atoms with E-state index in [0.29, 0.717) is 40.0 Å². The van der Waals surface area contributed by atoms with Crippen molar-refractivity contribution in [3.05, 3.63) is 67.1 Å². The molecule has 0 aliphatic carbocycles. The van der Waals surface area contributed by atoms with E-state index < -0.39 is 5.97 Å². The van der Waals surface area contributed by atoms with E-state index in [0.717, 1.165) is 37.0 Å². The van der Waals surface area contributed by atoms with Gasteiger partial charge < -0.3 is 34.3 Å². The number of amides is 1. The van der Waals surface area contributed by atoms with Crippen molar-refractivity contribution < 1.29 is 23.5 Å². The van der Waals surface area contributed by atoms with Gasteiger partial charge in [-0.3, -0.25) is 4.79 Å². The number of esters is 1. The minimum atomic E-state index is -0.542. The number of ether oxygens (including phenoxy) is 2. The highest BCUT2D eigenvalue weighted by Crippen LogP contribution is 2.39. The van der Waals surface area contributed by atoms with Crippen LogP contribution in [0.1, 0.15) is 37.0 Å². The summed E-state index contributed by atoms with van der Waals surface area (Å²) in [6, 6.07) is 11.6. The van der Waals surface area contributed by atoms with Crippen LogP contribution in [0.4, 0.5) is 23.0 Å². The summed E-state index contributed by atoms with van der Waals surface area (Å²) in [5, 5.41) is 6.95. The molecule has 1 amide bonds. The number of methoxy groups -OCH3 is 1. The average molecular weight is 599 g/mol. The fourth-order valence-electron chi connectivity index (χ4n) is 5.42. The zero-order chi connectivity index (χ0) is 31.4. The Kier molecular flexibility index (Phi) is 9.15. The normalized spacial score (nSPS) is 14.9. The van der Waals surface area contributed by atoms with Crippen LogP contribution < -0.4 is 20.3 Å². The molecule has 1 atom stereocenters. The Hall–Kier alpha value is -4.90.